The van der Waals surface area contributed by atoms with Gasteiger partial charge in [0, 0.05) is 17.5 Å². The van der Waals surface area contributed by atoms with Gasteiger partial charge in [-0.3, -0.25) is 4.79 Å². The normalized spacial score (nSPS) is 15.6. The minimum absolute atomic E-state index is 0.0319. The van der Waals surface area contributed by atoms with Crippen LogP contribution >= 0.6 is 11.6 Å². The lowest BCUT2D eigenvalue weighted by molar-refractivity contribution is -0.121. The summed E-state index contributed by atoms with van der Waals surface area (Å²) in [5.41, 5.74) is 0.690. The van der Waals surface area contributed by atoms with E-state index in [4.69, 9.17) is 11.6 Å². The lowest BCUT2D eigenvalue weighted by Crippen LogP contribution is -2.34. The summed E-state index contributed by atoms with van der Waals surface area (Å²) in [6.45, 7) is 0. The molecule has 3 rings (SSSR count). The van der Waals surface area contributed by atoms with E-state index in [1.54, 1.807) is 42.5 Å². The van der Waals surface area contributed by atoms with Crippen molar-refractivity contribution in [2.24, 2.45) is 0 Å². The zero-order valence-electron chi connectivity index (χ0n) is 13.5. The maximum absolute atomic E-state index is 12.6. The highest BCUT2D eigenvalue weighted by atomic mass is 35.5. The predicted octanol–water partition coefficient (Wildman–Crippen LogP) is 3.03. The van der Waals surface area contributed by atoms with Gasteiger partial charge < -0.3 is 5.32 Å². The lowest BCUT2D eigenvalue weighted by Gasteiger charge is -2.19. The molecule has 0 aliphatic heterocycles. The van der Waals surface area contributed by atoms with E-state index >= 15 is 0 Å². The third-order valence-corrected chi connectivity index (χ3v) is 5.69. The molecule has 1 saturated carbocycles. The molecule has 1 aliphatic carbocycles. The summed E-state index contributed by atoms with van der Waals surface area (Å²) in [6, 6.07) is 14.5. The molecule has 0 saturated heterocycles. The number of amides is 1. The van der Waals surface area contributed by atoms with Gasteiger partial charge in [-0.05, 0) is 42.7 Å². The smallest absolute Gasteiger partial charge is 0.241 e. The fourth-order valence-electron chi connectivity index (χ4n) is 2.48. The van der Waals surface area contributed by atoms with Crippen molar-refractivity contribution in [1.29, 1.82) is 0 Å². The summed E-state index contributed by atoms with van der Waals surface area (Å²) in [5.74, 6) is -0.168. The van der Waals surface area contributed by atoms with E-state index in [1.807, 2.05) is 0 Å². The predicted molar refractivity (Wildman–Crippen MR) is 96.7 cm³/mol. The summed E-state index contributed by atoms with van der Waals surface area (Å²) in [5, 5.41) is 3.44. The molecule has 1 aliphatic rings. The third kappa shape index (κ3) is 5.04. The third-order valence-electron chi connectivity index (χ3n) is 3.96. The minimum atomic E-state index is -3.74. The fraction of sp³-hybridized carbons (Fsp3) is 0.278. The Labute approximate surface area is 152 Å². The van der Waals surface area contributed by atoms with E-state index in [1.165, 1.54) is 12.1 Å². The van der Waals surface area contributed by atoms with Gasteiger partial charge >= 0.3 is 0 Å². The number of carbonyl (C=O) groups excluding carboxylic acids is 1. The largest absolute Gasteiger partial charge is 0.353 e. The summed E-state index contributed by atoms with van der Waals surface area (Å²) >= 11 is 5.91. The van der Waals surface area contributed by atoms with Crippen molar-refractivity contribution in [2.45, 2.75) is 36.2 Å². The maximum Gasteiger partial charge on any atom is 0.241 e. The summed E-state index contributed by atoms with van der Waals surface area (Å²) in [6.07, 6.45) is 1.99. The van der Waals surface area contributed by atoms with Crippen LogP contribution in [0.2, 0.25) is 5.02 Å². The second-order valence-corrected chi connectivity index (χ2v) is 8.23. The van der Waals surface area contributed by atoms with Crippen LogP contribution in [0.3, 0.4) is 0 Å². The number of hydrogen-bond acceptors (Lipinski definition) is 3. The van der Waals surface area contributed by atoms with E-state index < -0.39 is 16.1 Å². The Bertz CT molecular complexity index is 834. The second kappa shape index (κ2) is 7.56. The van der Waals surface area contributed by atoms with Gasteiger partial charge in [-0.1, -0.05) is 41.9 Å². The highest BCUT2D eigenvalue weighted by Crippen LogP contribution is 2.24. The fourth-order valence-corrected chi connectivity index (χ4v) is 3.85. The van der Waals surface area contributed by atoms with E-state index in [0.29, 0.717) is 10.6 Å². The van der Waals surface area contributed by atoms with Gasteiger partial charge in [0.2, 0.25) is 15.9 Å². The number of carbonyl (C=O) groups is 1. The molecule has 25 heavy (non-hydrogen) atoms. The monoisotopic (exact) mass is 378 g/mol. The number of hydrogen-bond donors (Lipinski definition) is 2. The van der Waals surface area contributed by atoms with Crippen LogP contribution in [-0.2, 0) is 14.8 Å². The number of halogens is 1. The molecule has 2 aromatic rings. The Hall–Kier alpha value is -1.89. The first-order valence-corrected chi connectivity index (χ1v) is 9.92. The Balaban J connectivity index is 1.82. The molecule has 132 valence electrons. The van der Waals surface area contributed by atoms with E-state index in [2.05, 4.69) is 10.0 Å². The van der Waals surface area contributed by atoms with Gasteiger partial charge in [-0.2, -0.15) is 0 Å². The van der Waals surface area contributed by atoms with Crippen LogP contribution in [0, 0.1) is 0 Å². The van der Waals surface area contributed by atoms with E-state index in [9.17, 15) is 13.2 Å². The minimum Gasteiger partial charge on any atom is -0.353 e. The zero-order chi connectivity index (χ0) is 17.9. The summed E-state index contributed by atoms with van der Waals surface area (Å²) < 4.78 is 27.9. The molecule has 2 N–H and O–H groups in total. The van der Waals surface area contributed by atoms with E-state index in [-0.39, 0.29) is 23.3 Å². The molecule has 0 bridgehead atoms. The molecule has 0 heterocycles. The molecule has 2 aromatic carbocycles. The molecule has 7 heteroatoms. The average Bonchev–Trinajstić information content (AvgIpc) is 3.39. The van der Waals surface area contributed by atoms with Crippen LogP contribution in [0.15, 0.2) is 59.5 Å². The molecule has 1 unspecified atom stereocenters. The molecule has 0 spiro atoms. The van der Waals surface area contributed by atoms with E-state index in [0.717, 1.165) is 12.8 Å². The number of rotatable bonds is 7. The second-order valence-electron chi connectivity index (χ2n) is 6.08. The molecule has 5 nitrogen and oxygen atoms in total. The Morgan fingerprint density at radius 2 is 1.72 bits per heavy atom. The molecule has 1 amide bonds. The van der Waals surface area contributed by atoms with Crippen LogP contribution in [0.5, 0.6) is 0 Å². The van der Waals surface area contributed by atoms with Crippen molar-refractivity contribution in [1.82, 2.24) is 10.0 Å². The topological polar surface area (TPSA) is 75.3 Å². The summed E-state index contributed by atoms with van der Waals surface area (Å²) in [7, 11) is -3.74. The zero-order valence-corrected chi connectivity index (χ0v) is 15.1. The Kier molecular flexibility index (Phi) is 5.42. The standard InChI is InChI=1S/C18H19ClN2O3S/c19-14-8-6-13(7-9-14)17(12-18(22)20-15-10-11-15)21-25(23,24)16-4-2-1-3-5-16/h1-9,15,17,21H,10-12H2,(H,20,22). The molecular formula is C18H19ClN2O3S. The molecule has 1 fully saturated rings. The lowest BCUT2D eigenvalue weighted by atomic mass is 10.0. The first kappa shape index (κ1) is 17.9. The van der Waals surface area contributed by atoms with Crippen molar-refractivity contribution >= 4 is 27.5 Å². The van der Waals surface area contributed by atoms with Gasteiger partial charge in [-0.15, -0.1) is 0 Å². The van der Waals surface area contributed by atoms with Gasteiger partial charge in [0.05, 0.1) is 10.9 Å². The summed E-state index contributed by atoms with van der Waals surface area (Å²) in [4.78, 5) is 12.4. The highest BCUT2D eigenvalue weighted by Gasteiger charge is 2.27. The number of benzene rings is 2. The maximum atomic E-state index is 12.6. The SMILES string of the molecule is O=C(CC(NS(=O)(=O)c1ccccc1)c1ccc(Cl)cc1)NC1CC1. The first-order chi connectivity index (χ1) is 11.9. The molecule has 0 radical (unpaired) electrons. The van der Waals surface area contributed by atoms with Crippen LogP contribution < -0.4 is 10.0 Å². The Morgan fingerprint density at radius 1 is 1.08 bits per heavy atom. The highest BCUT2D eigenvalue weighted by molar-refractivity contribution is 7.89. The number of sulfonamides is 1. The average molecular weight is 379 g/mol. The Morgan fingerprint density at radius 3 is 2.32 bits per heavy atom. The van der Waals surface area contributed by atoms with Gasteiger partial charge in [-0.25, -0.2) is 13.1 Å². The quantitative estimate of drug-likeness (QED) is 0.777. The van der Waals surface area contributed by atoms with Gasteiger partial charge in [0.25, 0.3) is 0 Å². The van der Waals surface area contributed by atoms with Gasteiger partial charge in [0.1, 0.15) is 0 Å². The first-order valence-electron chi connectivity index (χ1n) is 8.06. The van der Waals surface area contributed by atoms with Crippen LogP contribution in [-0.4, -0.2) is 20.4 Å². The van der Waals surface area contributed by atoms with Crippen LogP contribution in [0.4, 0.5) is 0 Å². The molecule has 1 atom stereocenters. The molecule has 0 aromatic heterocycles. The molecular weight excluding hydrogens is 360 g/mol. The number of nitrogens with one attached hydrogen (secondary N) is 2. The van der Waals surface area contributed by atoms with Crippen molar-refractivity contribution in [3.8, 4) is 0 Å². The van der Waals surface area contributed by atoms with Crippen LogP contribution in [0.1, 0.15) is 30.9 Å². The van der Waals surface area contributed by atoms with Crippen molar-refractivity contribution in [3.63, 3.8) is 0 Å². The van der Waals surface area contributed by atoms with Crippen molar-refractivity contribution in [2.75, 3.05) is 0 Å². The van der Waals surface area contributed by atoms with Crippen LogP contribution in [0.25, 0.3) is 0 Å². The van der Waals surface area contributed by atoms with Crippen molar-refractivity contribution in [3.05, 3.63) is 65.2 Å². The van der Waals surface area contributed by atoms with Crippen molar-refractivity contribution < 1.29 is 13.2 Å². The van der Waals surface area contributed by atoms with Gasteiger partial charge in [0.15, 0.2) is 0 Å².